The lowest BCUT2D eigenvalue weighted by molar-refractivity contribution is 0.661. The maximum absolute atomic E-state index is 5.24. The molecule has 0 atom stereocenters. The number of hydrogen-bond acceptors (Lipinski definition) is 3. The van der Waals surface area contributed by atoms with Crippen LogP contribution in [0.4, 0.5) is 0 Å². The molecule has 3 heteroatoms. The summed E-state index contributed by atoms with van der Waals surface area (Å²) in [7, 11) is 0. The van der Waals surface area contributed by atoms with E-state index in [4.69, 9.17) is 9.97 Å². The van der Waals surface area contributed by atoms with Gasteiger partial charge in [0, 0.05) is 33.9 Å². The third kappa shape index (κ3) is 5.03. The van der Waals surface area contributed by atoms with E-state index < -0.39 is 0 Å². The van der Waals surface area contributed by atoms with E-state index in [0.717, 1.165) is 56.3 Å². The molecule has 49 heavy (non-hydrogen) atoms. The molecule has 232 valence electrons. The standard InChI is InChI=1S/C46H33N3/c1-46(2)39-16-10-15-37(44(39)38-27-35-13-6-7-14-36(35)28-40(38)46)43-29-42(48-45(49-43)34-11-4-3-5-12-34)33-24-20-31(21-25-33)30-18-22-32(23-19-30)41-17-8-9-26-47-41/h3-29H,1-2H3. The van der Waals surface area contributed by atoms with Gasteiger partial charge in [0.25, 0.3) is 0 Å². The summed E-state index contributed by atoms with van der Waals surface area (Å²) in [5, 5.41) is 2.52. The molecule has 1 aliphatic carbocycles. The number of hydrogen-bond donors (Lipinski definition) is 0. The first-order chi connectivity index (χ1) is 24.0. The topological polar surface area (TPSA) is 38.7 Å². The Bertz CT molecular complexity index is 2480. The minimum Gasteiger partial charge on any atom is -0.256 e. The number of aromatic nitrogens is 3. The van der Waals surface area contributed by atoms with Gasteiger partial charge in [-0.25, -0.2) is 9.97 Å². The van der Waals surface area contributed by atoms with Gasteiger partial charge in [-0.2, -0.15) is 0 Å². The zero-order valence-corrected chi connectivity index (χ0v) is 27.4. The van der Waals surface area contributed by atoms with Crippen molar-refractivity contribution in [3.63, 3.8) is 0 Å². The molecule has 0 amide bonds. The van der Waals surface area contributed by atoms with Crippen LogP contribution in [0.5, 0.6) is 0 Å². The molecule has 0 fully saturated rings. The molecule has 0 radical (unpaired) electrons. The summed E-state index contributed by atoms with van der Waals surface area (Å²) in [5.74, 6) is 0.718. The lowest BCUT2D eigenvalue weighted by Crippen LogP contribution is -2.14. The Hall–Kier alpha value is -6.19. The molecule has 0 N–H and O–H groups in total. The zero-order valence-electron chi connectivity index (χ0n) is 27.4. The summed E-state index contributed by atoms with van der Waals surface area (Å²) in [6.45, 7) is 4.68. The molecule has 6 aromatic carbocycles. The van der Waals surface area contributed by atoms with Crippen LogP contribution < -0.4 is 0 Å². The van der Waals surface area contributed by atoms with E-state index in [1.807, 2.05) is 42.6 Å². The lowest BCUT2D eigenvalue weighted by Gasteiger charge is -2.22. The molecular formula is C46H33N3. The van der Waals surface area contributed by atoms with Crippen LogP contribution in [0, 0.1) is 0 Å². The highest BCUT2D eigenvalue weighted by Gasteiger charge is 2.37. The first kappa shape index (κ1) is 29.0. The Morgan fingerprint density at radius 2 is 1.02 bits per heavy atom. The second-order valence-corrected chi connectivity index (χ2v) is 13.3. The molecule has 2 aromatic heterocycles. The monoisotopic (exact) mass is 627 g/mol. The summed E-state index contributed by atoms with van der Waals surface area (Å²) in [4.78, 5) is 14.9. The summed E-state index contributed by atoms with van der Waals surface area (Å²) >= 11 is 0. The number of nitrogens with zero attached hydrogens (tertiary/aromatic N) is 3. The van der Waals surface area contributed by atoms with Crippen LogP contribution >= 0.6 is 0 Å². The van der Waals surface area contributed by atoms with Crippen LogP contribution in [0.15, 0.2) is 164 Å². The van der Waals surface area contributed by atoms with E-state index in [1.54, 1.807) is 0 Å². The predicted molar refractivity (Wildman–Crippen MR) is 202 cm³/mol. The largest absolute Gasteiger partial charge is 0.256 e. The Labute approximate surface area is 286 Å². The van der Waals surface area contributed by atoms with Gasteiger partial charge in [-0.05, 0) is 74.5 Å². The third-order valence-corrected chi connectivity index (χ3v) is 9.96. The van der Waals surface area contributed by atoms with E-state index in [1.165, 1.54) is 33.0 Å². The molecule has 0 saturated carbocycles. The highest BCUT2D eigenvalue weighted by atomic mass is 14.9. The molecular weight excluding hydrogens is 595 g/mol. The maximum atomic E-state index is 5.24. The first-order valence-electron chi connectivity index (χ1n) is 16.8. The highest BCUT2D eigenvalue weighted by molar-refractivity contribution is 5.98. The van der Waals surface area contributed by atoms with Crippen molar-refractivity contribution in [1.82, 2.24) is 15.0 Å². The van der Waals surface area contributed by atoms with Gasteiger partial charge < -0.3 is 0 Å². The van der Waals surface area contributed by atoms with Crippen molar-refractivity contribution in [3.05, 3.63) is 175 Å². The van der Waals surface area contributed by atoms with Gasteiger partial charge in [-0.1, -0.05) is 141 Å². The fourth-order valence-electron chi connectivity index (χ4n) is 7.34. The van der Waals surface area contributed by atoms with Gasteiger partial charge >= 0.3 is 0 Å². The van der Waals surface area contributed by atoms with Crippen LogP contribution in [0.25, 0.3) is 78.2 Å². The Morgan fingerprint density at radius 1 is 0.408 bits per heavy atom. The molecule has 0 spiro atoms. The van der Waals surface area contributed by atoms with Crippen molar-refractivity contribution in [2.45, 2.75) is 19.3 Å². The molecule has 1 aliphatic rings. The molecule has 0 unspecified atom stereocenters. The number of fused-ring (bicyclic) bond motifs is 4. The SMILES string of the molecule is CC1(C)c2cc3ccccc3cc2-c2c(-c3cc(-c4ccc(-c5ccc(-c6ccccn6)cc5)cc4)nc(-c4ccccc4)n3)cccc21. The molecule has 0 bridgehead atoms. The van der Waals surface area contributed by atoms with Crippen molar-refractivity contribution in [2.24, 2.45) is 0 Å². The van der Waals surface area contributed by atoms with E-state index >= 15 is 0 Å². The van der Waals surface area contributed by atoms with Crippen molar-refractivity contribution < 1.29 is 0 Å². The molecule has 3 nitrogen and oxygen atoms in total. The van der Waals surface area contributed by atoms with Crippen molar-refractivity contribution >= 4 is 10.8 Å². The van der Waals surface area contributed by atoms with Crippen molar-refractivity contribution in [3.8, 4) is 67.4 Å². The van der Waals surface area contributed by atoms with E-state index in [-0.39, 0.29) is 5.41 Å². The zero-order chi connectivity index (χ0) is 33.0. The number of rotatable bonds is 5. The molecule has 0 saturated heterocycles. The molecule has 8 aromatic rings. The first-order valence-corrected chi connectivity index (χ1v) is 16.8. The van der Waals surface area contributed by atoms with Crippen LogP contribution in [0.2, 0.25) is 0 Å². The molecule has 2 heterocycles. The predicted octanol–water partition coefficient (Wildman–Crippen LogP) is 11.7. The fourth-order valence-corrected chi connectivity index (χ4v) is 7.34. The van der Waals surface area contributed by atoms with Gasteiger partial charge in [0.1, 0.15) is 0 Å². The Kier molecular flexibility index (Phi) is 6.80. The van der Waals surface area contributed by atoms with Crippen LogP contribution in [-0.2, 0) is 5.41 Å². The van der Waals surface area contributed by atoms with E-state index in [2.05, 4.69) is 140 Å². The van der Waals surface area contributed by atoms with Crippen LogP contribution in [0.1, 0.15) is 25.0 Å². The van der Waals surface area contributed by atoms with E-state index in [0.29, 0.717) is 0 Å². The quantitative estimate of drug-likeness (QED) is 0.191. The molecule has 0 aliphatic heterocycles. The highest BCUT2D eigenvalue weighted by Crippen LogP contribution is 2.53. The average molecular weight is 628 g/mol. The van der Waals surface area contributed by atoms with Gasteiger partial charge in [-0.15, -0.1) is 0 Å². The van der Waals surface area contributed by atoms with Gasteiger partial charge in [0.05, 0.1) is 17.1 Å². The third-order valence-electron chi connectivity index (χ3n) is 9.96. The second kappa shape index (κ2) is 11.5. The van der Waals surface area contributed by atoms with Gasteiger partial charge in [-0.3, -0.25) is 4.98 Å². The second-order valence-electron chi connectivity index (χ2n) is 13.3. The minimum atomic E-state index is -0.130. The maximum Gasteiger partial charge on any atom is 0.160 e. The normalized spacial score (nSPS) is 12.9. The van der Waals surface area contributed by atoms with Crippen LogP contribution in [0.3, 0.4) is 0 Å². The van der Waals surface area contributed by atoms with Gasteiger partial charge in [0.2, 0.25) is 0 Å². The number of benzene rings is 6. The minimum absolute atomic E-state index is 0.130. The Morgan fingerprint density at radius 3 is 1.71 bits per heavy atom. The van der Waals surface area contributed by atoms with Crippen LogP contribution in [-0.4, -0.2) is 15.0 Å². The van der Waals surface area contributed by atoms with E-state index in [9.17, 15) is 0 Å². The van der Waals surface area contributed by atoms with Crippen molar-refractivity contribution in [1.29, 1.82) is 0 Å². The number of pyridine rings is 1. The smallest absolute Gasteiger partial charge is 0.160 e. The summed E-state index contributed by atoms with van der Waals surface area (Å²) in [6, 6.07) is 55.8. The van der Waals surface area contributed by atoms with Crippen molar-refractivity contribution in [2.75, 3.05) is 0 Å². The lowest BCUT2D eigenvalue weighted by atomic mass is 9.81. The fraction of sp³-hybridized carbons (Fsp3) is 0.0652. The summed E-state index contributed by atoms with van der Waals surface area (Å²) < 4.78 is 0. The molecule has 9 rings (SSSR count). The summed E-state index contributed by atoms with van der Waals surface area (Å²) in [5.41, 5.74) is 14.5. The average Bonchev–Trinajstić information content (AvgIpc) is 3.39. The van der Waals surface area contributed by atoms with Gasteiger partial charge in [0.15, 0.2) is 5.82 Å². The Balaban J connectivity index is 1.16. The summed E-state index contributed by atoms with van der Waals surface area (Å²) in [6.07, 6.45) is 1.83.